The number of aliphatic carboxylic acids is 1. The number of anilines is 1. The van der Waals surface area contributed by atoms with Crippen LogP contribution in [-0.4, -0.2) is 52.2 Å². The molecule has 10 heteroatoms. The van der Waals surface area contributed by atoms with Crippen LogP contribution in [0.4, 0.5) is 5.82 Å². The highest BCUT2D eigenvalue weighted by Gasteiger charge is 2.30. The Hall–Kier alpha value is -2.42. The van der Waals surface area contributed by atoms with Crippen LogP contribution < -0.4 is 10.6 Å². The van der Waals surface area contributed by atoms with Crippen molar-refractivity contribution in [2.24, 2.45) is 5.92 Å². The quantitative estimate of drug-likeness (QED) is 0.443. The van der Waals surface area contributed by atoms with Crippen molar-refractivity contribution in [2.75, 3.05) is 18.5 Å². The summed E-state index contributed by atoms with van der Waals surface area (Å²) in [6, 6.07) is 3.21. The maximum atomic E-state index is 12.5. The zero-order chi connectivity index (χ0) is 24.1. The molecule has 0 spiro atoms. The second-order valence-corrected chi connectivity index (χ2v) is 9.66. The SMILES string of the molecule is O=C(N[C@@H](CCO[C@H]1C[C@@H](CCc2ccc3c(n2)NCCC3)C1)C(=O)O)c1c(Cl)cncc1Cl. The monoisotopic (exact) mass is 506 g/mol. The van der Waals surface area contributed by atoms with Gasteiger partial charge in [-0.15, -0.1) is 0 Å². The summed E-state index contributed by atoms with van der Waals surface area (Å²) in [6.45, 7) is 1.23. The number of pyridine rings is 2. The standard InChI is InChI=1S/C24H28Cl2N4O4/c25-18-12-27-13-19(26)21(18)23(31)30-20(24(32)33)7-9-34-17-10-14(11-17)3-5-16-6-4-15-2-1-8-28-22(15)29-16/h4,6,12-14,17,20H,1-3,5,7-11H2,(H,28,29)(H,30,31)(H,32,33)/t14-,17+,20-/m0/s1. The summed E-state index contributed by atoms with van der Waals surface area (Å²) in [6.07, 6.45) is 9.00. The second kappa shape index (κ2) is 11.3. The van der Waals surface area contributed by atoms with Gasteiger partial charge in [-0.05, 0) is 56.1 Å². The van der Waals surface area contributed by atoms with E-state index in [0.29, 0.717) is 5.92 Å². The average Bonchev–Trinajstić information content (AvgIpc) is 2.78. The molecule has 8 nitrogen and oxygen atoms in total. The number of aryl methyl sites for hydroxylation is 2. The van der Waals surface area contributed by atoms with Crippen molar-refractivity contribution in [3.8, 4) is 0 Å². The number of carbonyl (C=O) groups is 2. The summed E-state index contributed by atoms with van der Waals surface area (Å²) in [7, 11) is 0. The van der Waals surface area contributed by atoms with Gasteiger partial charge in [0.05, 0.1) is 21.7 Å². The smallest absolute Gasteiger partial charge is 0.326 e. The minimum Gasteiger partial charge on any atom is -0.480 e. The molecule has 1 aliphatic heterocycles. The molecule has 0 radical (unpaired) electrons. The van der Waals surface area contributed by atoms with E-state index in [9.17, 15) is 14.7 Å². The zero-order valence-corrected chi connectivity index (χ0v) is 20.2. The number of nitrogens with one attached hydrogen (secondary N) is 2. The van der Waals surface area contributed by atoms with Crippen molar-refractivity contribution in [1.82, 2.24) is 15.3 Å². The van der Waals surface area contributed by atoms with Crippen LogP contribution in [0.2, 0.25) is 10.0 Å². The van der Waals surface area contributed by atoms with Crippen LogP contribution in [0.15, 0.2) is 24.5 Å². The number of hydrogen-bond acceptors (Lipinski definition) is 6. The maximum Gasteiger partial charge on any atom is 0.326 e. The molecule has 2 aromatic rings. The molecule has 2 aromatic heterocycles. The van der Waals surface area contributed by atoms with E-state index in [-0.39, 0.29) is 34.7 Å². The largest absolute Gasteiger partial charge is 0.480 e. The lowest BCUT2D eigenvalue weighted by Gasteiger charge is -2.35. The first-order valence-corrected chi connectivity index (χ1v) is 12.3. The summed E-state index contributed by atoms with van der Waals surface area (Å²) >= 11 is 12.0. The Morgan fingerprint density at radius 2 is 2.00 bits per heavy atom. The first kappa shape index (κ1) is 24.7. The predicted molar refractivity (Wildman–Crippen MR) is 130 cm³/mol. The number of nitrogens with zero attached hydrogens (tertiary/aromatic N) is 2. The summed E-state index contributed by atoms with van der Waals surface area (Å²) in [4.78, 5) is 32.6. The van der Waals surface area contributed by atoms with Crippen LogP contribution in [0.3, 0.4) is 0 Å². The van der Waals surface area contributed by atoms with E-state index < -0.39 is 17.9 Å². The molecule has 182 valence electrons. The maximum absolute atomic E-state index is 12.5. The molecule has 34 heavy (non-hydrogen) atoms. The van der Waals surface area contributed by atoms with Crippen molar-refractivity contribution in [2.45, 2.75) is 57.1 Å². The number of halogens is 2. The van der Waals surface area contributed by atoms with Crippen LogP contribution in [0.25, 0.3) is 0 Å². The Morgan fingerprint density at radius 3 is 2.74 bits per heavy atom. The van der Waals surface area contributed by atoms with Gasteiger partial charge in [-0.2, -0.15) is 0 Å². The third-order valence-corrected chi connectivity index (χ3v) is 6.97. The van der Waals surface area contributed by atoms with E-state index in [4.69, 9.17) is 32.9 Å². The molecule has 0 saturated heterocycles. The fraction of sp³-hybridized carbons (Fsp3) is 0.500. The highest BCUT2D eigenvalue weighted by molar-refractivity contribution is 6.39. The van der Waals surface area contributed by atoms with Gasteiger partial charge in [0.1, 0.15) is 11.9 Å². The molecule has 1 amide bonds. The predicted octanol–water partition coefficient (Wildman–Crippen LogP) is 4.14. The summed E-state index contributed by atoms with van der Waals surface area (Å²) < 4.78 is 5.85. The fourth-order valence-electron chi connectivity index (χ4n) is 4.37. The van der Waals surface area contributed by atoms with E-state index >= 15 is 0 Å². The van der Waals surface area contributed by atoms with E-state index in [1.54, 1.807) is 0 Å². The lowest BCUT2D eigenvalue weighted by molar-refractivity contribution is -0.140. The Morgan fingerprint density at radius 1 is 1.24 bits per heavy atom. The average molecular weight is 507 g/mol. The van der Waals surface area contributed by atoms with Gasteiger partial charge < -0.3 is 20.5 Å². The molecule has 1 atom stereocenters. The lowest BCUT2D eigenvalue weighted by atomic mass is 9.79. The molecule has 1 fully saturated rings. The van der Waals surface area contributed by atoms with Gasteiger partial charge in [0.25, 0.3) is 5.91 Å². The molecule has 1 saturated carbocycles. The van der Waals surface area contributed by atoms with Crippen LogP contribution >= 0.6 is 23.2 Å². The Labute approximate surface area is 208 Å². The lowest BCUT2D eigenvalue weighted by Crippen LogP contribution is -2.42. The first-order valence-electron chi connectivity index (χ1n) is 11.6. The number of carboxylic acid groups (broad SMARTS) is 1. The fourth-order valence-corrected chi connectivity index (χ4v) is 4.91. The molecule has 2 aliphatic rings. The van der Waals surface area contributed by atoms with E-state index in [0.717, 1.165) is 56.6 Å². The molecule has 0 aromatic carbocycles. The Bertz CT molecular complexity index is 1030. The molecule has 3 N–H and O–H groups in total. The second-order valence-electron chi connectivity index (χ2n) is 8.84. The number of carbonyl (C=O) groups excluding carboxylic acids is 1. The van der Waals surface area contributed by atoms with Gasteiger partial charge in [0, 0.05) is 37.7 Å². The number of rotatable bonds is 10. The van der Waals surface area contributed by atoms with E-state index in [2.05, 4.69) is 27.8 Å². The third kappa shape index (κ3) is 6.17. The van der Waals surface area contributed by atoms with Gasteiger partial charge in [-0.25, -0.2) is 9.78 Å². The minimum atomic E-state index is -1.14. The Balaban J connectivity index is 1.17. The van der Waals surface area contributed by atoms with Crippen molar-refractivity contribution < 1.29 is 19.4 Å². The summed E-state index contributed by atoms with van der Waals surface area (Å²) in [5.74, 6) is -0.176. The van der Waals surface area contributed by atoms with Crippen LogP contribution in [0.1, 0.15) is 53.7 Å². The zero-order valence-electron chi connectivity index (χ0n) is 18.7. The number of amides is 1. The van der Waals surface area contributed by atoms with Gasteiger partial charge >= 0.3 is 5.97 Å². The number of aromatic nitrogens is 2. The summed E-state index contributed by atoms with van der Waals surface area (Å²) in [5.41, 5.74) is 2.43. The number of ether oxygens (including phenoxy) is 1. The molecule has 4 rings (SSSR count). The molecule has 0 bridgehead atoms. The van der Waals surface area contributed by atoms with Crippen molar-refractivity contribution >= 4 is 40.9 Å². The molecule has 0 unspecified atom stereocenters. The first-order chi connectivity index (χ1) is 16.4. The van der Waals surface area contributed by atoms with Crippen LogP contribution in [0, 0.1) is 5.92 Å². The van der Waals surface area contributed by atoms with E-state index in [1.165, 1.54) is 18.0 Å². The number of hydrogen-bond donors (Lipinski definition) is 3. The van der Waals surface area contributed by atoms with Crippen LogP contribution in [-0.2, 0) is 22.4 Å². The van der Waals surface area contributed by atoms with E-state index in [1.807, 2.05) is 0 Å². The van der Waals surface area contributed by atoms with Crippen molar-refractivity contribution in [3.05, 3.63) is 51.4 Å². The number of carboxylic acids is 1. The van der Waals surface area contributed by atoms with Gasteiger partial charge in [-0.1, -0.05) is 29.3 Å². The topological polar surface area (TPSA) is 113 Å². The third-order valence-electron chi connectivity index (χ3n) is 6.40. The molecular weight excluding hydrogens is 479 g/mol. The minimum absolute atomic E-state index is 0.0107. The normalized spacial score (nSPS) is 19.9. The molecular formula is C24H28Cl2N4O4. The Kier molecular flexibility index (Phi) is 8.24. The summed E-state index contributed by atoms with van der Waals surface area (Å²) in [5, 5.41) is 15.4. The van der Waals surface area contributed by atoms with Gasteiger partial charge in [0.2, 0.25) is 0 Å². The molecule has 3 heterocycles. The van der Waals surface area contributed by atoms with Crippen molar-refractivity contribution in [1.29, 1.82) is 0 Å². The van der Waals surface area contributed by atoms with Crippen LogP contribution in [0.5, 0.6) is 0 Å². The highest BCUT2D eigenvalue weighted by atomic mass is 35.5. The van der Waals surface area contributed by atoms with Crippen molar-refractivity contribution in [3.63, 3.8) is 0 Å². The highest BCUT2D eigenvalue weighted by Crippen LogP contribution is 2.34. The molecule has 1 aliphatic carbocycles. The number of fused-ring (bicyclic) bond motifs is 1. The van der Waals surface area contributed by atoms with Gasteiger partial charge in [0.15, 0.2) is 0 Å². The van der Waals surface area contributed by atoms with Gasteiger partial charge in [-0.3, -0.25) is 9.78 Å².